The number of nitrogens with zero attached hydrogens (tertiary/aromatic N) is 1. The molecule has 0 N–H and O–H groups in total. The molecule has 1 saturated heterocycles. The molecule has 24 heavy (non-hydrogen) atoms. The van der Waals surface area contributed by atoms with Crippen LogP contribution in [0.2, 0.25) is 0 Å². The first-order valence-corrected chi connectivity index (χ1v) is 7.67. The second-order valence-electron chi connectivity index (χ2n) is 5.99. The zero-order chi connectivity index (χ0) is 17.2. The molecule has 0 bridgehead atoms. The molecule has 1 aliphatic rings. The molecule has 0 spiro atoms. The molecule has 128 valence electrons. The maximum absolute atomic E-state index is 14.1. The number of halogens is 4. The van der Waals surface area contributed by atoms with Crippen LogP contribution in [0.15, 0.2) is 42.5 Å². The predicted octanol–water partition coefficient (Wildman–Crippen LogP) is 4.38. The Morgan fingerprint density at radius 2 is 1.92 bits per heavy atom. The number of hydrogen-bond acceptors (Lipinski definition) is 2. The summed E-state index contributed by atoms with van der Waals surface area (Å²) in [5, 5.41) is 0. The number of hydrogen-bond donors (Lipinski definition) is 0. The van der Waals surface area contributed by atoms with Crippen LogP contribution in [0.4, 0.5) is 17.6 Å². The van der Waals surface area contributed by atoms with Gasteiger partial charge in [0.15, 0.2) is 0 Å². The van der Waals surface area contributed by atoms with Crippen molar-refractivity contribution < 1.29 is 22.3 Å². The van der Waals surface area contributed by atoms with E-state index in [2.05, 4.69) is 0 Å². The fourth-order valence-corrected chi connectivity index (χ4v) is 2.72. The van der Waals surface area contributed by atoms with Gasteiger partial charge in [-0.15, -0.1) is 0 Å². The van der Waals surface area contributed by atoms with Gasteiger partial charge in [-0.05, 0) is 23.8 Å². The number of benzene rings is 2. The van der Waals surface area contributed by atoms with Crippen LogP contribution in [0.1, 0.15) is 17.5 Å². The second-order valence-corrected chi connectivity index (χ2v) is 5.99. The van der Waals surface area contributed by atoms with Gasteiger partial charge in [-0.1, -0.05) is 18.2 Å². The molecule has 2 nitrogen and oxygen atoms in total. The Morgan fingerprint density at radius 1 is 1.08 bits per heavy atom. The van der Waals surface area contributed by atoms with Crippen molar-refractivity contribution in [2.24, 2.45) is 0 Å². The highest BCUT2D eigenvalue weighted by molar-refractivity contribution is 5.29. The van der Waals surface area contributed by atoms with Crippen LogP contribution in [0.5, 0.6) is 5.75 Å². The van der Waals surface area contributed by atoms with Gasteiger partial charge in [-0.25, -0.2) is 17.6 Å². The molecular weight excluding hydrogens is 322 g/mol. The summed E-state index contributed by atoms with van der Waals surface area (Å²) in [6.07, 6.45) is -0.191. The second kappa shape index (κ2) is 6.81. The maximum Gasteiger partial charge on any atom is 0.261 e. The van der Waals surface area contributed by atoms with Crippen LogP contribution in [-0.2, 0) is 13.2 Å². The highest BCUT2D eigenvalue weighted by Gasteiger charge is 2.38. The summed E-state index contributed by atoms with van der Waals surface area (Å²) in [5.41, 5.74) is 0.990. The molecule has 0 radical (unpaired) electrons. The van der Waals surface area contributed by atoms with Gasteiger partial charge in [0.05, 0.1) is 6.54 Å². The monoisotopic (exact) mass is 339 g/mol. The van der Waals surface area contributed by atoms with E-state index in [0.717, 1.165) is 0 Å². The van der Waals surface area contributed by atoms with E-state index in [0.29, 0.717) is 16.9 Å². The van der Waals surface area contributed by atoms with Crippen molar-refractivity contribution in [2.45, 2.75) is 25.5 Å². The van der Waals surface area contributed by atoms with E-state index in [9.17, 15) is 17.6 Å². The quantitative estimate of drug-likeness (QED) is 0.750. The molecule has 0 saturated carbocycles. The minimum atomic E-state index is -2.69. The highest BCUT2D eigenvalue weighted by atomic mass is 19.3. The zero-order valence-corrected chi connectivity index (χ0v) is 12.9. The summed E-state index contributed by atoms with van der Waals surface area (Å²) in [4.78, 5) is 1.53. The van der Waals surface area contributed by atoms with Gasteiger partial charge in [0.1, 0.15) is 24.0 Å². The standard InChI is InChI=1S/C18H17F4NO/c19-15-3-1-2-13(8-15)11-24-16-5-4-14(17(20)9-16)10-23-7-6-18(21,22)12-23/h1-5,8-9H,6-7,10-12H2. The predicted molar refractivity (Wildman–Crippen MR) is 82.0 cm³/mol. The van der Waals surface area contributed by atoms with Crippen molar-refractivity contribution in [1.82, 2.24) is 4.90 Å². The molecule has 0 unspecified atom stereocenters. The summed E-state index contributed by atoms with van der Waals surface area (Å²) in [5.74, 6) is -3.24. The molecule has 0 atom stereocenters. The smallest absolute Gasteiger partial charge is 0.261 e. The van der Waals surface area contributed by atoms with Crippen molar-refractivity contribution >= 4 is 0 Å². The van der Waals surface area contributed by atoms with Crippen molar-refractivity contribution in [3.05, 3.63) is 65.2 Å². The van der Waals surface area contributed by atoms with E-state index in [-0.39, 0.29) is 38.5 Å². The molecule has 6 heteroatoms. The normalized spacial score (nSPS) is 17.2. The zero-order valence-electron chi connectivity index (χ0n) is 12.9. The van der Waals surface area contributed by atoms with Crippen molar-refractivity contribution in [1.29, 1.82) is 0 Å². The molecule has 0 amide bonds. The lowest BCUT2D eigenvalue weighted by molar-refractivity contribution is 0.0114. The summed E-state index contributed by atoms with van der Waals surface area (Å²) < 4.78 is 59.0. The Labute approximate surface area is 137 Å². The van der Waals surface area contributed by atoms with Gasteiger partial charge >= 0.3 is 0 Å². The molecule has 2 aromatic carbocycles. The molecule has 1 aliphatic heterocycles. The molecule has 0 aromatic heterocycles. The lowest BCUT2D eigenvalue weighted by Gasteiger charge is -2.16. The topological polar surface area (TPSA) is 12.5 Å². The minimum Gasteiger partial charge on any atom is -0.489 e. The number of alkyl halides is 2. The fraction of sp³-hybridized carbons (Fsp3) is 0.333. The Bertz CT molecular complexity index is 720. The molecule has 3 rings (SSSR count). The van der Waals surface area contributed by atoms with Crippen LogP contribution in [0.3, 0.4) is 0 Å². The first kappa shape index (κ1) is 16.8. The van der Waals surface area contributed by atoms with Gasteiger partial charge in [0.25, 0.3) is 5.92 Å². The number of rotatable bonds is 5. The summed E-state index contributed by atoms with van der Waals surface area (Å²) in [6.45, 7) is 0.176. The van der Waals surface area contributed by atoms with Crippen molar-refractivity contribution in [3.63, 3.8) is 0 Å². The average Bonchev–Trinajstić information content (AvgIpc) is 2.87. The van der Waals surface area contributed by atoms with E-state index >= 15 is 0 Å². The third kappa shape index (κ3) is 4.26. The first-order valence-electron chi connectivity index (χ1n) is 7.67. The van der Waals surface area contributed by atoms with Gasteiger partial charge < -0.3 is 4.74 Å². The average molecular weight is 339 g/mol. The van der Waals surface area contributed by atoms with Crippen molar-refractivity contribution in [3.8, 4) is 5.75 Å². The van der Waals surface area contributed by atoms with E-state index in [1.807, 2.05) is 0 Å². The van der Waals surface area contributed by atoms with E-state index in [1.54, 1.807) is 18.2 Å². The SMILES string of the molecule is Fc1cccc(COc2ccc(CN3CCC(F)(F)C3)c(F)c2)c1. The Kier molecular flexibility index (Phi) is 4.76. The first-order chi connectivity index (χ1) is 11.4. The van der Waals surface area contributed by atoms with E-state index < -0.39 is 11.7 Å². The Morgan fingerprint density at radius 3 is 2.58 bits per heavy atom. The highest BCUT2D eigenvalue weighted by Crippen LogP contribution is 2.28. The van der Waals surface area contributed by atoms with Crippen LogP contribution >= 0.6 is 0 Å². The third-order valence-corrected chi connectivity index (χ3v) is 3.96. The molecule has 1 fully saturated rings. The van der Waals surface area contributed by atoms with Gasteiger partial charge in [-0.2, -0.15) is 0 Å². The molecule has 1 heterocycles. The fourth-order valence-electron chi connectivity index (χ4n) is 2.72. The molecule has 2 aromatic rings. The number of ether oxygens (including phenoxy) is 1. The van der Waals surface area contributed by atoms with Gasteiger partial charge in [-0.3, -0.25) is 4.90 Å². The van der Waals surface area contributed by atoms with E-state index in [4.69, 9.17) is 4.74 Å². The Hall–Kier alpha value is -2.08. The maximum atomic E-state index is 14.1. The number of likely N-dealkylation sites (tertiary alicyclic amines) is 1. The lowest BCUT2D eigenvalue weighted by atomic mass is 10.2. The van der Waals surface area contributed by atoms with Gasteiger partial charge in [0.2, 0.25) is 0 Å². The van der Waals surface area contributed by atoms with Crippen LogP contribution in [0.25, 0.3) is 0 Å². The Balaban J connectivity index is 1.60. The summed E-state index contributed by atoms with van der Waals surface area (Å²) in [7, 11) is 0. The van der Waals surface area contributed by atoms with Crippen molar-refractivity contribution in [2.75, 3.05) is 13.1 Å². The van der Waals surface area contributed by atoms with Gasteiger partial charge in [0, 0.05) is 31.1 Å². The molecular formula is C18H17F4NO. The third-order valence-electron chi connectivity index (χ3n) is 3.96. The van der Waals surface area contributed by atoms with Crippen LogP contribution < -0.4 is 4.74 Å². The largest absolute Gasteiger partial charge is 0.489 e. The minimum absolute atomic E-state index is 0.120. The van der Waals surface area contributed by atoms with E-state index in [1.165, 1.54) is 29.2 Å². The molecule has 0 aliphatic carbocycles. The lowest BCUT2D eigenvalue weighted by Crippen LogP contribution is -2.25. The van der Waals surface area contributed by atoms with Crippen LogP contribution in [-0.4, -0.2) is 23.9 Å². The summed E-state index contributed by atoms with van der Waals surface area (Å²) >= 11 is 0. The van der Waals surface area contributed by atoms with Crippen LogP contribution in [0, 0.1) is 11.6 Å². The summed E-state index contributed by atoms with van der Waals surface area (Å²) in [6, 6.07) is 10.3.